The molecular weight excluding hydrogens is 515 g/mol. The van der Waals surface area contributed by atoms with Gasteiger partial charge in [-0.1, -0.05) is 50.9 Å². The molecule has 0 saturated heterocycles. The maximum Gasteiger partial charge on any atom is 1.00 e. The average molecular weight is 557 g/mol. The summed E-state index contributed by atoms with van der Waals surface area (Å²) in [5.74, 6) is 0. The summed E-state index contributed by atoms with van der Waals surface area (Å²) in [4.78, 5) is 11.5. The molecule has 10 heteroatoms. The van der Waals surface area contributed by atoms with E-state index in [0.717, 1.165) is 29.9 Å². The molecule has 0 unspecified atom stereocenters. The molecule has 1 N–H and O–H groups in total. The number of nitrogens with zero attached hydrogens (tertiary/aromatic N) is 3. The molecule has 0 bridgehead atoms. The van der Waals surface area contributed by atoms with Gasteiger partial charge in [0, 0.05) is 64.9 Å². The monoisotopic (exact) mass is 556 g/mol. The van der Waals surface area contributed by atoms with Gasteiger partial charge in [0.25, 0.3) is 0 Å². The summed E-state index contributed by atoms with van der Waals surface area (Å²) >= 11 is 5.32. The molecule has 0 atom stereocenters. The van der Waals surface area contributed by atoms with E-state index in [1.165, 1.54) is 17.5 Å². The molecule has 194 valence electrons. The number of pyridine rings is 2. The van der Waals surface area contributed by atoms with E-state index in [1.807, 2.05) is 42.9 Å². The van der Waals surface area contributed by atoms with Gasteiger partial charge in [0.05, 0.1) is 0 Å². The Hall–Kier alpha value is -0.976. The van der Waals surface area contributed by atoms with Crippen LogP contribution < -0.4 is 29.6 Å². The van der Waals surface area contributed by atoms with Crippen molar-refractivity contribution in [2.75, 3.05) is 19.3 Å². The van der Waals surface area contributed by atoms with E-state index in [1.54, 1.807) is 6.20 Å². The summed E-state index contributed by atoms with van der Waals surface area (Å²) in [6.07, 6.45) is 7.52. The van der Waals surface area contributed by atoms with Crippen LogP contribution in [0.5, 0.6) is 0 Å². The minimum Gasteiger partial charge on any atom is -1.00 e. The van der Waals surface area contributed by atoms with Crippen LogP contribution in [0.4, 0.5) is 0 Å². The number of rotatable bonds is 9. The Morgan fingerprint density at radius 1 is 0.861 bits per heavy atom. The Labute approximate surface area is 247 Å². The standard InChI is InChI=1S/C13H20N2OSi.C7H6N2.C6H15ClOSi.Na.H/c1-17(2,3)10-9-16-11-15-8-6-12-5-4-7-14-13(12)15;1-2-6-3-5-9-7(6)8-4-1;1-9(2,3)5-4-8-6-7;;/h4-8H,9-11H2,1-3H3;1-5H,(H,8,9);4-6H2,1-3H3;;/q;;;+1;-1. The molecule has 4 rings (SSSR count). The van der Waals surface area contributed by atoms with Crippen molar-refractivity contribution in [1.82, 2.24) is 19.5 Å². The fourth-order valence-corrected chi connectivity index (χ4v) is 4.60. The minimum atomic E-state index is -0.983. The van der Waals surface area contributed by atoms with Crippen molar-refractivity contribution >= 4 is 49.8 Å². The topological polar surface area (TPSA) is 65.0 Å². The van der Waals surface area contributed by atoms with Crippen molar-refractivity contribution in [2.45, 2.75) is 58.1 Å². The number of alkyl halides is 1. The van der Waals surface area contributed by atoms with Gasteiger partial charge >= 0.3 is 29.6 Å². The third-order valence-electron chi connectivity index (χ3n) is 5.15. The Bertz CT molecular complexity index is 1100. The van der Waals surface area contributed by atoms with Crippen LogP contribution in [-0.4, -0.2) is 54.9 Å². The summed E-state index contributed by atoms with van der Waals surface area (Å²) in [5, 5.41) is 2.33. The first-order valence-corrected chi connectivity index (χ1v) is 20.0. The first kappa shape index (κ1) is 33.1. The van der Waals surface area contributed by atoms with Crippen LogP contribution in [-0.2, 0) is 16.2 Å². The van der Waals surface area contributed by atoms with Crippen molar-refractivity contribution in [3.63, 3.8) is 0 Å². The third-order valence-corrected chi connectivity index (χ3v) is 8.71. The summed E-state index contributed by atoms with van der Waals surface area (Å²) in [6.45, 7) is 16.3. The second kappa shape index (κ2) is 16.8. The molecule has 36 heavy (non-hydrogen) atoms. The van der Waals surface area contributed by atoms with Gasteiger partial charge in [-0.2, -0.15) is 0 Å². The number of aromatic amines is 1. The Morgan fingerprint density at radius 2 is 1.47 bits per heavy atom. The smallest absolute Gasteiger partial charge is 1.00 e. The van der Waals surface area contributed by atoms with E-state index in [4.69, 9.17) is 21.1 Å². The van der Waals surface area contributed by atoms with Gasteiger partial charge in [0.2, 0.25) is 0 Å². The van der Waals surface area contributed by atoms with E-state index < -0.39 is 16.1 Å². The number of H-pyrrole nitrogens is 1. The van der Waals surface area contributed by atoms with Crippen molar-refractivity contribution in [2.24, 2.45) is 0 Å². The van der Waals surface area contributed by atoms with Crippen LogP contribution >= 0.6 is 11.6 Å². The largest absolute Gasteiger partial charge is 1.00 e. The molecule has 0 saturated carbocycles. The van der Waals surface area contributed by atoms with Crippen LogP contribution in [0.3, 0.4) is 0 Å². The fourth-order valence-electron chi connectivity index (χ4n) is 2.98. The number of fused-ring (bicyclic) bond motifs is 2. The van der Waals surface area contributed by atoms with Crippen LogP contribution in [0.1, 0.15) is 1.43 Å². The van der Waals surface area contributed by atoms with Crippen LogP contribution in [0.25, 0.3) is 22.1 Å². The number of nitrogens with one attached hydrogen (secondary N) is 1. The number of hydrogen-bond donors (Lipinski definition) is 1. The summed E-state index contributed by atoms with van der Waals surface area (Å²) in [5.41, 5.74) is 1.96. The maximum absolute atomic E-state index is 5.72. The predicted molar refractivity (Wildman–Crippen MR) is 156 cm³/mol. The molecule has 0 aliphatic heterocycles. The first-order chi connectivity index (χ1) is 16.6. The number of hydrogen-bond acceptors (Lipinski definition) is 4. The summed E-state index contributed by atoms with van der Waals surface area (Å²) < 4.78 is 12.8. The van der Waals surface area contributed by atoms with Gasteiger partial charge in [-0.15, -0.1) is 0 Å². The SMILES string of the molecule is C[Si](C)(C)CCOCCl.C[Si](C)(C)CCOCn1ccc2cccnc21.[H-].[Na+].c1cnc2[nH]ccc2c1. The zero-order valence-electron chi connectivity index (χ0n) is 24.1. The molecule has 0 amide bonds. The van der Waals surface area contributed by atoms with Crippen molar-refractivity contribution < 1.29 is 40.5 Å². The van der Waals surface area contributed by atoms with Crippen LogP contribution in [0, 0.1) is 0 Å². The molecule has 4 aromatic rings. The summed E-state index contributed by atoms with van der Waals surface area (Å²) in [6, 6.07) is 14.8. The molecule has 0 aliphatic rings. The van der Waals surface area contributed by atoms with Crippen LogP contribution in [0.2, 0.25) is 51.4 Å². The predicted octanol–water partition coefficient (Wildman–Crippen LogP) is 4.57. The van der Waals surface area contributed by atoms with Gasteiger partial charge in [-0.05, 0) is 48.5 Å². The molecule has 0 aliphatic carbocycles. The van der Waals surface area contributed by atoms with Crippen LogP contribution in [0.15, 0.2) is 61.2 Å². The van der Waals surface area contributed by atoms with E-state index in [0.29, 0.717) is 12.8 Å². The van der Waals surface area contributed by atoms with Gasteiger partial charge in [-0.25, -0.2) is 9.97 Å². The molecular formula is C26H42ClN4NaO2Si2. The minimum absolute atomic E-state index is 0. The Balaban J connectivity index is 0.000000555. The van der Waals surface area contributed by atoms with E-state index in [-0.39, 0.29) is 31.0 Å². The fraction of sp³-hybridized carbons (Fsp3) is 0.462. The zero-order chi connectivity index (χ0) is 25.7. The zero-order valence-corrected chi connectivity index (χ0v) is 27.8. The maximum atomic E-state index is 5.72. The number of halogens is 1. The number of aromatic nitrogens is 4. The molecule has 6 nitrogen and oxygen atoms in total. The molecule has 4 aromatic heterocycles. The van der Waals surface area contributed by atoms with Gasteiger partial charge < -0.3 is 20.5 Å². The Kier molecular flexibility index (Phi) is 15.4. The van der Waals surface area contributed by atoms with Crippen molar-refractivity contribution in [3.05, 3.63) is 61.2 Å². The van der Waals surface area contributed by atoms with Gasteiger partial charge in [0.15, 0.2) is 0 Å². The molecule has 0 aromatic carbocycles. The molecule has 0 fully saturated rings. The average Bonchev–Trinajstić information content (AvgIpc) is 3.44. The normalized spacial score (nSPS) is 11.3. The van der Waals surface area contributed by atoms with E-state index >= 15 is 0 Å². The first-order valence-electron chi connectivity index (χ1n) is 12.1. The van der Waals surface area contributed by atoms with E-state index in [2.05, 4.69) is 70.9 Å². The number of ether oxygens (including phenoxy) is 2. The quantitative estimate of drug-likeness (QED) is 0.186. The van der Waals surface area contributed by atoms with Crippen molar-refractivity contribution in [3.8, 4) is 0 Å². The second-order valence-corrected chi connectivity index (χ2v) is 22.3. The molecule has 0 radical (unpaired) electrons. The molecule has 4 heterocycles. The van der Waals surface area contributed by atoms with Crippen molar-refractivity contribution in [1.29, 1.82) is 0 Å². The van der Waals surface area contributed by atoms with E-state index in [9.17, 15) is 0 Å². The molecule has 0 spiro atoms. The van der Waals surface area contributed by atoms with Gasteiger partial charge in [-0.3, -0.25) is 0 Å². The third kappa shape index (κ3) is 13.5. The second-order valence-electron chi connectivity index (χ2n) is 10.8. The Morgan fingerprint density at radius 3 is 2.08 bits per heavy atom. The summed E-state index contributed by atoms with van der Waals surface area (Å²) in [7, 11) is -1.86. The van der Waals surface area contributed by atoms with Gasteiger partial charge in [0.1, 0.15) is 24.1 Å².